The fraction of sp³-hybridized carbons (Fsp3) is 0.0800. The summed E-state index contributed by atoms with van der Waals surface area (Å²) in [6.45, 7) is 1.50. The number of hydrogen-bond donors (Lipinski definition) is 3. The number of phenols is 1. The molecule has 0 spiro atoms. The molecule has 0 saturated carbocycles. The molecular formula is C25H19Cl2N3O6S. The Balaban J connectivity index is 1.87. The van der Waals surface area contributed by atoms with E-state index in [1.54, 1.807) is 42.5 Å². The van der Waals surface area contributed by atoms with Gasteiger partial charge in [0.25, 0.3) is 16.0 Å². The van der Waals surface area contributed by atoms with Gasteiger partial charge in [-0.15, -0.1) is 10.2 Å². The molecule has 0 aliphatic carbocycles. The van der Waals surface area contributed by atoms with E-state index in [1.807, 2.05) is 0 Å². The van der Waals surface area contributed by atoms with Crippen LogP contribution in [0.3, 0.4) is 0 Å². The molecule has 3 N–H and O–H groups in total. The van der Waals surface area contributed by atoms with Crippen LogP contribution in [0.4, 0.5) is 17.1 Å². The number of aromatic hydroxyl groups is 1. The van der Waals surface area contributed by atoms with Crippen LogP contribution in [0, 0.1) is 6.92 Å². The fourth-order valence-electron chi connectivity index (χ4n) is 3.65. The number of nitrogens with zero attached hydrogens (tertiary/aromatic N) is 2. The summed E-state index contributed by atoms with van der Waals surface area (Å²) in [5, 5.41) is 23.2. The number of carbonyl (C=O) groups is 1. The zero-order valence-electron chi connectivity index (χ0n) is 19.4. The number of rotatable bonds is 6. The Morgan fingerprint density at radius 1 is 0.973 bits per heavy atom. The van der Waals surface area contributed by atoms with E-state index in [2.05, 4.69) is 15.5 Å². The Hall–Kier alpha value is -3.70. The first-order chi connectivity index (χ1) is 17.5. The first-order valence-electron chi connectivity index (χ1n) is 10.6. The van der Waals surface area contributed by atoms with E-state index in [-0.39, 0.29) is 38.2 Å². The first-order valence-corrected chi connectivity index (χ1v) is 12.8. The quantitative estimate of drug-likeness (QED) is 0.170. The molecule has 0 unspecified atom stereocenters. The topological polar surface area (TPSA) is 138 Å². The number of azo groups is 1. The molecule has 0 fully saturated rings. The second-order valence-corrected chi connectivity index (χ2v) is 10.0. The molecular weight excluding hydrogens is 541 g/mol. The number of fused-ring (bicyclic) bond motifs is 1. The molecule has 4 rings (SSSR count). The highest BCUT2D eigenvalue weighted by molar-refractivity contribution is 7.86. The Bertz CT molecular complexity index is 1690. The Labute approximate surface area is 222 Å². The number of carbonyl (C=O) groups excluding carboxylic acids is 1. The molecule has 0 radical (unpaired) electrons. The maximum absolute atomic E-state index is 13.2. The highest BCUT2D eigenvalue weighted by atomic mass is 35.5. The number of phenolic OH excluding ortho intramolecular Hbond substituents is 1. The first kappa shape index (κ1) is 26.4. The third-order valence-electron chi connectivity index (χ3n) is 5.53. The average molecular weight is 560 g/mol. The SMILES string of the molecule is COc1cccc(Cl)c1NC(=O)c1cc2ccccc2c(N=Nc2c(S(=O)(=O)O)ccc(Cl)c2C)c1O. The number of ether oxygens (including phenoxy) is 1. The van der Waals surface area contributed by atoms with Crippen molar-refractivity contribution in [3.05, 3.63) is 81.8 Å². The van der Waals surface area contributed by atoms with Crippen molar-refractivity contribution in [2.75, 3.05) is 12.4 Å². The summed E-state index contributed by atoms with van der Waals surface area (Å²) in [4.78, 5) is 12.7. The predicted molar refractivity (Wildman–Crippen MR) is 142 cm³/mol. The standard InChI is InChI=1S/C25H19Cl2N3O6S/c1-13-17(26)10-11-20(37(33,34)35)21(13)29-30-22-15-7-4-3-6-14(15)12-16(24(22)31)25(32)28-23-18(27)8-5-9-19(23)36-2/h3-12,31H,1-2H3,(H,28,32)(H,33,34,35). The van der Waals surface area contributed by atoms with Crippen LogP contribution in [0.5, 0.6) is 11.5 Å². The van der Waals surface area contributed by atoms with Gasteiger partial charge in [0.2, 0.25) is 0 Å². The van der Waals surface area contributed by atoms with Crippen LogP contribution in [0.25, 0.3) is 10.8 Å². The molecule has 1 amide bonds. The van der Waals surface area contributed by atoms with Gasteiger partial charge in [-0.25, -0.2) is 0 Å². The molecule has 12 heteroatoms. The number of anilines is 1. The Kier molecular flexibility index (Phi) is 7.37. The van der Waals surface area contributed by atoms with Gasteiger partial charge in [-0.05, 0) is 48.2 Å². The van der Waals surface area contributed by atoms with Crippen LogP contribution < -0.4 is 10.1 Å². The third-order valence-corrected chi connectivity index (χ3v) is 7.14. The Morgan fingerprint density at radius 3 is 2.38 bits per heavy atom. The number of amides is 1. The number of para-hydroxylation sites is 1. The monoisotopic (exact) mass is 559 g/mol. The Morgan fingerprint density at radius 2 is 1.68 bits per heavy atom. The van der Waals surface area contributed by atoms with Crippen molar-refractivity contribution >= 4 is 67.1 Å². The summed E-state index contributed by atoms with van der Waals surface area (Å²) in [6, 6.07) is 15.5. The molecule has 4 aromatic rings. The highest BCUT2D eigenvalue weighted by Crippen LogP contribution is 2.42. The van der Waals surface area contributed by atoms with E-state index in [9.17, 15) is 22.9 Å². The lowest BCUT2D eigenvalue weighted by Gasteiger charge is -2.14. The van der Waals surface area contributed by atoms with Crippen molar-refractivity contribution in [1.82, 2.24) is 0 Å². The van der Waals surface area contributed by atoms with Gasteiger partial charge in [0.05, 0.1) is 17.7 Å². The van der Waals surface area contributed by atoms with Gasteiger partial charge in [-0.1, -0.05) is 53.5 Å². The van der Waals surface area contributed by atoms with Crippen molar-refractivity contribution in [3.8, 4) is 11.5 Å². The van der Waals surface area contributed by atoms with Crippen LogP contribution >= 0.6 is 23.2 Å². The molecule has 0 heterocycles. The lowest BCUT2D eigenvalue weighted by atomic mass is 10.0. The number of halogens is 2. The number of hydrogen-bond acceptors (Lipinski definition) is 7. The van der Waals surface area contributed by atoms with Crippen LogP contribution in [-0.2, 0) is 10.1 Å². The molecule has 190 valence electrons. The number of methoxy groups -OCH3 is 1. The molecule has 0 aromatic heterocycles. The second-order valence-electron chi connectivity index (χ2n) is 7.81. The number of nitrogens with one attached hydrogen (secondary N) is 1. The van der Waals surface area contributed by atoms with Gasteiger partial charge >= 0.3 is 0 Å². The van der Waals surface area contributed by atoms with Crippen LogP contribution in [0.15, 0.2) is 75.8 Å². The third kappa shape index (κ3) is 5.23. The van der Waals surface area contributed by atoms with E-state index in [4.69, 9.17) is 27.9 Å². The van der Waals surface area contributed by atoms with Crippen LogP contribution in [-0.4, -0.2) is 31.1 Å². The smallest absolute Gasteiger partial charge is 0.296 e. The van der Waals surface area contributed by atoms with Crippen molar-refractivity contribution in [1.29, 1.82) is 0 Å². The van der Waals surface area contributed by atoms with Gasteiger partial charge in [-0.3, -0.25) is 9.35 Å². The normalized spacial score (nSPS) is 11.7. The summed E-state index contributed by atoms with van der Waals surface area (Å²) in [5.41, 5.74) is -0.0135. The molecule has 0 atom stereocenters. The van der Waals surface area contributed by atoms with Crippen molar-refractivity contribution in [2.24, 2.45) is 10.2 Å². The van der Waals surface area contributed by atoms with Gasteiger partial charge in [0, 0.05) is 10.4 Å². The van der Waals surface area contributed by atoms with Gasteiger partial charge in [0.15, 0.2) is 5.75 Å². The zero-order valence-corrected chi connectivity index (χ0v) is 21.7. The molecule has 0 aliphatic rings. The zero-order chi connectivity index (χ0) is 26.9. The van der Waals surface area contributed by atoms with Gasteiger partial charge in [-0.2, -0.15) is 8.42 Å². The molecule has 0 aliphatic heterocycles. The minimum absolute atomic E-state index is 0.102. The summed E-state index contributed by atoms with van der Waals surface area (Å²) < 4.78 is 38.7. The van der Waals surface area contributed by atoms with Crippen molar-refractivity contribution in [2.45, 2.75) is 11.8 Å². The minimum atomic E-state index is -4.66. The predicted octanol–water partition coefficient (Wildman–Crippen LogP) is 7.08. The largest absolute Gasteiger partial charge is 0.505 e. The van der Waals surface area contributed by atoms with E-state index in [0.717, 1.165) is 6.07 Å². The molecule has 0 bridgehead atoms. The fourth-order valence-corrected chi connectivity index (χ4v) is 4.70. The molecule has 4 aromatic carbocycles. The van der Waals surface area contributed by atoms with Crippen molar-refractivity contribution < 1.29 is 27.6 Å². The molecule has 9 nitrogen and oxygen atoms in total. The van der Waals surface area contributed by atoms with E-state index >= 15 is 0 Å². The van der Waals surface area contributed by atoms with E-state index < -0.39 is 26.7 Å². The number of benzene rings is 4. The van der Waals surface area contributed by atoms with Gasteiger partial charge in [0.1, 0.15) is 27.7 Å². The van der Waals surface area contributed by atoms with Crippen LogP contribution in [0.2, 0.25) is 10.0 Å². The summed E-state index contributed by atoms with van der Waals surface area (Å²) in [5.74, 6) is -0.905. The van der Waals surface area contributed by atoms with Gasteiger partial charge < -0.3 is 15.2 Å². The van der Waals surface area contributed by atoms with E-state index in [0.29, 0.717) is 16.5 Å². The van der Waals surface area contributed by atoms with Crippen LogP contribution in [0.1, 0.15) is 15.9 Å². The van der Waals surface area contributed by atoms with E-state index in [1.165, 1.54) is 26.2 Å². The summed E-state index contributed by atoms with van der Waals surface area (Å²) >= 11 is 12.4. The lowest BCUT2D eigenvalue weighted by molar-refractivity contribution is 0.102. The maximum Gasteiger partial charge on any atom is 0.296 e. The maximum atomic E-state index is 13.2. The molecule has 0 saturated heterocycles. The lowest BCUT2D eigenvalue weighted by Crippen LogP contribution is -2.13. The highest BCUT2D eigenvalue weighted by Gasteiger charge is 2.22. The second kappa shape index (κ2) is 10.3. The summed E-state index contributed by atoms with van der Waals surface area (Å²) in [7, 11) is -3.24. The van der Waals surface area contributed by atoms with Crippen molar-refractivity contribution in [3.63, 3.8) is 0 Å². The minimum Gasteiger partial charge on any atom is -0.505 e. The average Bonchev–Trinajstić information content (AvgIpc) is 2.85. The summed E-state index contributed by atoms with van der Waals surface area (Å²) in [6.07, 6.45) is 0. The molecule has 37 heavy (non-hydrogen) atoms.